The molecule has 0 bridgehead atoms. The van der Waals surface area contributed by atoms with Crippen molar-refractivity contribution in [2.24, 2.45) is 0 Å². The Hall–Kier alpha value is -5.58. The lowest BCUT2D eigenvalue weighted by Crippen LogP contribution is -2.53. The van der Waals surface area contributed by atoms with Crippen molar-refractivity contribution >= 4 is 26.0 Å². The van der Waals surface area contributed by atoms with E-state index in [0.717, 1.165) is 0 Å². The van der Waals surface area contributed by atoms with Crippen molar-refractivity contribution in [3.63, 3.8) is 0 Å². The summed E-state index contributed by atoms with van der Waals surface area (Å²) >= 11 is 0. The number of ether oxygens (including phenoxy) is 4. The summed E-state index contributed by atoms with van der Waals surface area (Å²) in [7, 11) is -2.36. The number of hydrogen-bond donors (Lipinski definition) is 1. The van der Waals surface area contributed by atoms with Crippen LogP contribution in [0, 0.1) is 17.3 Å². The number of rotatable bonds is 8. The number of benzene rings is 3. The lowest BCUT2D eigenvalue weighted by molar-refractivity contribution is -0.0900. The van der Waals surface area contributed by atoms with Gasteiger partial charge in [0.1, 0.15) is 20.8 Å². The third-order valence-electron chi connectivity index (χ3n) is 7.14. The Balaban J connectivity index is 1.70. The Morgan fingerprint density at radius 2 is 1.38 bits per heavy atom. The molecule has 5 rings (SSSR count). The summed E-state index contributed by atoms with van der Waals surface area (Å²) in [6, 6.07) is 23.8. The van der Waals surface area contributed by atoms with Crippen molar-refractivity contribution in [2.75, 3.05) is 6.61 Å². The van der Waals surface area contributed by atoms with Crippen molar-refractivity contribution in [1.29, 1.82) is 0 Å². The molecule has 1 aliphatic rings. The summed E-state index contributed by atoms with van der Waals surface area (Å²) < 4.78 is 39.4. The van der Waals surface area contributed by atoms with Gasteiger partial charge < -0.3 is 18.9 Å². The molecule has 3 aromatic carbocycles. The predicted molar refractivity (Wildman–Crippen MR) is 173 cm³/mol. The largest absolute Gasteiger partial charge is 0.459 e. The van der Waals surface area contributed by atoms with Crippen LogP contribution in [0.15, 0.2) is 107 Å². The number of aromatic nitrogens is 2. The second-order valence-corrected chi connectivity index (χ2v) is 16.6. The number of nitrogens with zero attached hydrogens (tertiary/aromatic N) is 1. The highest BCUT2D eigenvalue weighted by atomic mass is 28.3. The lowest BCUT2D eigenvalue weighted by Gasteiger charge is -2.34. The lowest BCUT2D eigenvalue weighted by atomic mass is 9.93. The van der Waals surface area contributed by atoms with Crippen LogP contribution in [0.2, 0.25) is 19.6 Å². The van der Waals surface area contributed by atoms with Crippen molar-refractivity contribution < 1.29 is 37.7 Å². The minimum Gasteiger partial charge on any atom is -0.459 e. The quantitative estimate of drug-likeness (QED) is 0.127. The highest BCUT2D eigenvalue weighted by Crippen LogP contribution is 2.44. The molecular formula is C35H31FN2O9Si. The molecule has 0 saturated carbocycles. The summed E-state index contributed by atoms with van der Waals surface area (Å²) in [5, 5.41) is 0. The molecule has 13 heteroatoms. The van der Waals surface area contributed by atoms with Crippen molar-refractivity contribution in [1.82, 2.24) is 9.55 Å². The van der Waals surface area contributed by atoms with E-state index in [0.29, 0.717) is 10.8 Å². The van der Waals surface area contributed by atoms with Gasteiger partial charge in [0.05, 0.1) is 22.9 Å². The first-order valence-corrected chi connectivity index (χ1v) is 18.4. The molecule has 1 fully saturated rings. The standard InChI is InChI=1S/C35H31FN2O9Si/c1-48(2,3)20-19-35(47-32(42)25-17-11-6-12-18-25)28(46-31(41)24-15-9-5-10-16-24)27(22-44-30(40)23-13-7-4-8-14-23)45-33(35)38-21-26(36)29(39)37-34(38)43/h4-18,21,27-28,33H,22H2,1-3H3,(H,37,39,43)/t27-,28-,33-,35-/m1/s1. The Kier molecular flexibility index (Phi) is 9.88. The van der Waals surface area contributed by atoms with E-state index >= 15 is 0 Å². The summed E-state index contributed by atoms with van der Waals surface area (Å²) in [5.74, 6) is -0.955. The van der Waals surface area contributed by atoms with Crippen LogP contribution in [0.25, 0.3) is 0 Å². The summed E-state index contributed by atoms with van der Waals surface area (Å²) in [4.78, 5) is 67.5. The molecule has 11 nitrogen and oxygen atoms in total. The van der Waals surface area contributed by atoms with E-state index in [1.807, 2.05) is 24.6 Å². The molecule has 1 aliphatic heterocycles. The molecule has 1 saturated heterocycles. The van der Waals surface area contributed by atoms with Gasteiger partial charge in [-0.1, -0.05) is 80.2 Å². The van der Waals surface area contributed by atoms with Gasteiger partial charge in [0.25, 0.3) is 11.2 Å². The zero-order chi connectivity index (χ0) is 34.5. The molecule has 0 radical (unpaired) electrons. The maximum atomic E-state index is 14.8. The molecule has 0 unspecified atom stereocenters. The minimum atomic E-state index is -2.36. The van der Waals surface area contributed by atoms with Crippen LogP contribution in [0.4, 0.5) is 4.39 Å². The molecule has 2 heterocycles. The molecule has 4 aromatic rings. The van der Waals surface area contributed by atoms with Gasteiger partial charge in [0.2, 0.25) is 5.82 Å². The van der Waals surface area contributed by atoms with Gasteiger partial charge in [-0.3, -0.25) is 14.3 Å². The van der Waals surface area contributed by atoms with E-state index in [2.05, 4.69) is 11.5 Å². The number of H-pyrrole nitrogens is 1. The maximum Gasteiger partial charge on any atom is 0.339 e. The fourth-order valence-electron chi connectivity index (χ4n) is 4.86. The first-order valence-electron chi connectivity index (χ1n) is 14.9. The summed E-state index contributed by atoms with van der Waals surface area (Å²) in [6.45, 7) is 5.12. The van der Waals surface area contributed by atoms with E-state index < -0.39 is 73.7 Å². The molecule has 48 heavy (non-hydrogen) atoms. The monoisotopic (exact) mass is 670 g/mol. The average molecular weight is 671 g/mol. The molecule has 1 aromatic heterocycles. The van der Waals surface area contributed by atoms with Gasteiger partial charge in [0.15, 0.2) is 12.3 Å². The van der Waals surface area contributed by atoms with E-state index in [-0.39, 0.29) is 16.7 Å². The van der Waals surface area contributed by atoms with Crippen LogP contribution in [-0.4, -0.2) is 59.9 Å². The topological polar surface area (TPSA) is 143 Å². The second kappa shape index (κ2) is 14.0. The van der Waals surface area contributed by atoms with Gasteiger partial charge in [-0.05, 0) is 36.4 Å². The van der Waals surface area contributed by atoms with Crippen molar-refractivity contribution in [3.05, 3.63) is 141 Å². The number of carbonyl (C=O) groups is 3. The first kappa shape index (κ1) is 33.8. The third kappa shape index (κ3) is 7.51. The fourth-order valence-corrected chi connectivity index (χ4v) is 5.43. The van der Waals surface area contributed by atoms with Crippen LogP contribution in [0.1, 0.15) is 37.3 Å². The van der Waals surface area contributed by atoms with E-state index in [1.54, 1.807) is 54.6 Å². The smallest absolute Gasteiger partial charge is 0.339 e. The van der Waals surface area contributed by atoms with Crippen LogP contribution in [0.3, 0.4) is 0 Å². The zero-order valence-corrected chi connectivity index (χ0v) is 27.2. The third-order valence-corrected chi connectivity index (χ3v) is 8.02. The number of esters is 3. The molecule has 1 N–H and O–H groups in total. The van der Waals surface area contributed by atoms with Crippen LogP contribution < -0.4 is 11.2 Å². The highest BCUT2D eigenvalue weighted by Gasteiger charge is 2.63. The van der Waals surface area contributed by atoms with E-state index in [9.17, 15) is 28.4 Å². The molecule has 4 atom stereocenters. The fraction of sp³-hybridized carbons (Fsp3) is 0.229. The normalized spacial score (nSPS) is 20.2. The SMILES string of the molecule is C[Si](C)(C)C#C[C@@]1(OC(=O)c2ccccc2)[C@H](OC(=O)c2ccccc2)[C@@H](COC(=O)c2ccccc2)O[C@H]1n1cc(F)c(=O)[nH]c1=O. The van der Waals surface area contributed by atoms with Crippen molar-refractivity contribution in [2.45, 2.75) is 43.7 Å². The van der Waals surface area contributed by atoms with Crippen LogP contribution in [-0.2, 0) is 18.9 Å². The molecule has 246 valence electrons. The molecule has 0 spiro atoms. The Labute approximate surface area is 275 Å². The summed E-state index contributed by atoms with van der Waals surface area (Å²) in [6.07, 6.45) is -4.29. The number of nitrogens with one attached hydrogen (secondary N) is 1. The molecule has 0 aliphatic carbocycles. The molecular weight excluding hydrogens is 639 g/mol. The number of carbonyl (C=O) groups excluding carboxylic acids is 3. The Bertz CT molecular complexity index is 1980. The van der Waals surface area contributed by atoms with Gasteiger partial charge in [-0.15, -0.1) is 5.54 Å². The Morgan fingerprint density at radius 3 is 1.92 bits per heavy atom. The average Bonchev–Trinajstić information content (AvgIpc) is 3.37. The van der Waals surface area contributed by atoms with Crippen LogP contribution in [0.5, 0.6) is 0 Å². The van der Waals surface area contributed by atoms with Gasteiger partial charge >= 0.3 is 23.6 Å². The number of halogens is 1. The maximum absolute atomic E-state index is 14.8. The van der Waals surface area contributed by atoms with Crippen molar-refractivity contribution in [3.8, 4) is 11.5 Å². The summed E-state index contributed by atoms with van der Waals surface area (Å²) in [5.41, 5.74) is -1.24. The Morgan fingerprint density at radius 1 is 0.854 bits per heavy atom. The van der Waals surface area contributed by atoms with E-state index in [1.165, 1.54) is 36.4 Å². The minimum absolute atomic E-state index is 0.0810. The number of aromatic amines is 1. The first-order chi connectivity index (χ1) is 22.9. The highest BCUT2D eigenvalue weighted by molar-refractivity contribution is 6.83. The van der Waals surface area contributed by atoms with Crippen LogP contribution >= 0.6 is 0 Å². The number of hydrogen-bond acceptors (Lipinski definition) is 9. The van der Waals surface area contributed by atoms with Gasteiger partial charge in [0, 0.05) is 0 Å². The predicted octanol–water partition coefficient (Wildman–Crippen LogP) is 4.13. The second-order valence-electron chi connectivity index (χ2n) is 11.9. The zero-order valence-electron chi connectivity index (χ0n) is 26.2. The van der Waals surface area contributed by atoms with Gasteiger partial charge in [-0.2, -0.15) is 4.39 Å². The van der Waals surface area contributed by atoms with E-state index in [4.69, 9.17) is 18.9 Å². The molecule has 0 amide bonds. The van der Waals surface area contributed by atoms with Gasteiger partial charge in [-0.25, -0.2) is 19.2 Å².